The number of phenols is 1. The van der Waals surface area contributed by atoms with E-state index in [2.05, 4.69) is 15.9 Å². The first-order chi connectivity index (χ1) is 6.09. The standard InChI is InChI=1S/C10H9BrO2/c1-7(12)2-3-8-4-5-9(11)6-10(8)13/h2-6,13H,1H3. The summed E-state index contributed by atoms with van der Waals surface area (Å²) in [5.74, 6) is 0.120. The highest BCUT2D eigenvalue weighted by molar-refractivity contribution is 9.10. The molecule has 0 aliphatic rings. The van der Waals surface area contributed by atoms with Gasteiger partial charge >= 0.3 is 0 Å². The second kappa shape index (κ2) is 4.23. The van der Waals surface area contributed by atoms with Crippen molar-refractivity contribution in [3.63, 3.8) is 0 Å². The monoisotopic (exact) mass is 240 g/mol. The Labute approximate surface area is 85.0 Å². The molecule has 0 saturated carbocycles. The van der Waals surface area contributed by atoms with Crippen molar-refractivity contribution in [2.75, 3.05) is 0 Å². The molecule has 0 atom stereocenters. The van der Waals surface area contributed by atoms with Gasteiger partial charge in [-0.05, 0) is 31.2 Å². The number of phenolic OH excluding ortho intramolecular Hbond substituents is 1. The van der Waals surface area contributed by atoms with Gasteiger partial charge in [-0.25, -0.2) is 0 Å². The van der Waals surface area contributed by atoms with E-state index in [1.54, 1.807) is 24.3 Å². The Kier molecular flexibility index (Phi) is 3.25. The van der Waals surface area contributed by atoms with Crippen LogP contribution in [-0.2, 0) is 4.79 Å². The fourth-order valence-electron chi connectivity index (χ4n) is 0.865. The molecule has 0 aliphatic carbocycles. The molecule has 0 aliphatic heterocycles. The summed E-state index contributed by atoms with van der Waals surface area (Å²) >= 11 is 3.23. The van der Waals surface area contributed by atoms with Gasteiger partial charge < -0.3 is 5.11 Å². The van der Waals surface area contributed by atoms with Crippen LogP contribution >= 0.6 is 15.9 Å². The molecule has 0 amide bonds. The fourth-order valence-corrected chi connectivity index (χ4v) is 1.21. The van der Waals surface area contributed by atoms with Gasteiger partial charge in [0.2, 0.25) is 0 Å². The molecule has 0 spiro atoms. The van der Waals surface area contributed by atoms with E-state index in [4.69, 9.17) is 0 Å². The molecule has 68 valence electrons. The van der Waals surface area contributed by atoms with E-state index in [0.29, 0.717) is 5.56 Å². The van der Waals surface area contributed by atoms with Crippen molar-refractivity contribution in [3.8, 4) is 5.75 Å². The Morgan fingerprint density at radius 3 is 2.77 bits per heavy atom. The molecule has 0 unspecified atom stereocenters. The Balaban J connectivity index is 2.96. The summed E-state index contributed by atoms with van der Waals surface area (Å²) in [6.07, 6.45) is 3.01. The van der Waals surface area contributed by atoms with Crippen molar-refractivity contribution in [2.24, 2.45) is 0 Å². The quantitative estimate of drug-likeness (QED) is 0.808. The first kappa shape index (κ1) is 9.99. The van der Waals surface area contributed by atoms with Crippen molar-refractivity contribution in [1.82, 2.24) is 0 Å². The molecule has 1 aromatic carbocycles. The minimum absolute atomic E-state index is 0.0395. The van der Waals surface area contributed by atoms with Crippen LogP contribution in [0.4, 0.5) is 0 Å². The third kappa shape index (κ3) is 3.03. The summed E-state index contributed by atoms with van der Waals surface area (Å²) in [5.41, 5.74) is 0.637. The van der Waals surface area contributed by atoms with Crippen LogP contribution in [0.2, 0.25) is 0 Å². The molecule has 0 radical (unpaired) electrons. The van der Waals surface area contributed by atoms with Gasteiger partial charge in [0.15, 0.2) is 5.78 Å². The summed E-state index contributed by atoms with van der Waals surface area (Å²) in [6, 6.07) is 5.12. The molecule has 0 heterocycles. The Morgan fingerprint density at radius 1 is 1.54 bits per heavy atom. The predicted octanol–water partition coefficient (Wildman–Crippen LogP) is 2.76. The predicted molar refractivity (Wildman–Crippen MR) is 55.5 cm³/mol. The highest BCUT2D eigenvalue weighted by Crippen LogP contribution is 2.23. The van der Waals surface area contributed by atoms with Crippen LogP contribution in [0.25, 0.3) is 6.08 Å². The van der Waals surface area contributed by atoms with E-state index in [1.165, 1.54) is 13.0 Å². The average molecular weight is 241 g/mol. The number of halogens is 1. The molecule has 0 aromatic heterocycles. The maximum absolute atomic E-state index is 10.6. The van der Waals surface area contributed by atoms with Crippen LogP contribution in [0.3, 0.4) is 0 Å². The second-order valence-corrected chi connectivity index (χ2v) is 3.56. The molecule has 1 N–H and O–H groups in total. The summed E-state index contributed by atoms with van der Waals surface area (Å²) in [4.78, 5) is 10.6. The Hall–Kier alpha value is -1.09. The van der Waals surface area contributed by atoms with E-state index in [0.717, 1.165) is 4.47 Å². The molecule has 0 saturated heterocycles. The van der Waals surface area contributed by atoms with E-state index >= 15 is 0 Å². The van der Waals surface area contributed by atoms with Crippen LogP contribution in [-0.4, -0.2) is 10.9 Å². The van der Waals surface area contributed by atoms with Crippen LogP contribution in [0.15, 0.2) is 28.7 Å². The second-order valence-electron chi connectivity index (χ2n) is 2.65. The number of rotatable bonds is 2. The SMILES string of the molecule is CC(=O)C=Cc1ccc(Br)cc1O. The zero-order valence-corrected chi connectivity index (χ0v) is 8.71. The van der Waals surface area contributed by atoms with Crippen molar-refractivity contribution in [1.29, 1.82) is 0 Å². The average Bonchev–Trinajstić information content (AvgIpc) is 2.02. The maximum atomic E-state index is 10.6. The van der Waals surface area contributed by atoms with E-state index in [9.17, 15) is 9.90 Å². The topological polar surface area (TPSA) is 37.3 Å². The van der Waals surface area contributed by atoms with Crippen molar-refractivity contribution < 1.29 is 9.90 Å². The van der Waals surface area contributed by atoms with Gasteiger partial charge in [-0.15, -0.1) is 0 Å². The van der Waals surface area contributed by atoms with Crippen molar-refractivity contribution in [2.45, 2.75) is 6.92 Å². The lowest BCUT2D eigenvalue weighted by Crippen LogP contribution is -1.80. The summed E-state index contributed by atoms with van der Waals surface area (Å²) in [7, 11) is 0. The minimum Gasteiger partial charge on any atom is -0.507 e. The molecule has 0 bridgehead atoms. The summed E-state index contributed by atoms with van der Waals surface area (Å²) in [6.45, 7) is 1.46. The van der Waals surface area contributed by atoms with Gasteiger partial charge in [-0.2, -0.15) is 0 Å². The van der Waals surface area contributed by atoms with E-state index in [1.807, 2.05) is 0 Å². The number of benzene rings is 1. The minimum atomic E-state index is -0.0395. The maximum Gasteiger partial charge on any atom is 0.152 e. The first-order valence-corrected chi connectivity index (χ1v) is 4.56. The number of hydrogen-bond acceptors (Lipinski definition) is 2. The van der Waals surface area contributed by atoms with E-state index in [-0.39, 0.29) is 11.5 Å². The van der Waals surface area contributed by atoms with Crippen LogP contribution in [0.1, 0.15) is 12.5 Å². The highest BCUT2D eigenvalue weighted by atomic mass is 79.9. The van der Waals surface area contributed by atoms with Crippen LogP contribution < -0.4 is 0 Å². The molecule has 0 fully saturated rings. The third-order valence-electron chi connectivity index (χ3n) is 1.49. The zero-order valence-electron chi connectivity index (χ0n) is 7.12. The molecular formula is C10H9BrO2. The zero-order chi connectivity index (χ0) is 9.84. The number of ketones is 1. The number of allylic oxidation sites excluding steroid dienone is 1. The van der Waals surface area contributed by atoms with Crippen LogP contribution in [0, 0.1) is 0 Å². The van der Waals surface area contributed by atoms with Gasteiger partial charge in [0.25, 0.3) is 0 Å². The molecule has 2 nitrogen and oxygen atoms in total. The number of hydrogen-bond donors (Lipinski definition) is 1. The first-order valence-electron chi connectivity index (χ1n) is 3.77. The normalized spacial score (nSPS) is 10.6. The van der Waals surface area contributed by atoms with Gasteiger partial charge in [-0.1, -0.05) is 22.0 Å². The summed E-state index contributed by atoms with van der Waals surface area (Å²) in [5, 5.41) is 9.41. The molecular weight excluding hydrogens is 232 g/mol. The smallest absolute Gasteiger partial charge is 0.152 e. The molecule has 1 rings (SSSR count). The van der Waals surface area contributed by atoms with Crippen LogP contribution in [0.5, 0.6) is 5.75 Å². The largest absolute Gasteiger partial charge is 0.507 e. The fraction of sp³-hybridized carbons (Fsp3) is 0.100. The van der Waals surface area contributed by atoms with Gasteiger partial charge in [0.05, 0.1) is 0 Å². The lowest BCUT2D eigenvalue weighted by molar-refractivity contribution is -0.112. The van der Waals surface area contributed by atoms with Gasteiger partial charge in [0, 0.05) is 10.0 Å². The Bertz CT molecular complexity index is 356. The highest BCUT2D eigenvalue weighted by Gasteiger charge is 1.97. The lowest BCUT2D eigenvalue weighted by Gasteiger charge is -1.98. The third-order valence-corrected chi connectivity index (χ3v) is 1.98. The van der Waals surface area contributed by atoms with E-state index < -0.39 is 0 Å². The van der Waals surface area contributed by atoms with Crippen molar-refractivity contribution >= 4 is 27.8 Å². The summed E-state index contributed by atoms with van der Waals surface area (Å²) < 4.78 is 0.810. The molecule has 13 heavy (non-hydrogen) atoms. The lowest BCUT2D eigenvalue weighted by atomic mass is 10.2. The molecule has 1 aromatic rings. The van der Waals surface area contributed by atoms with Gasteiger partial charge in [0.1, 0.15) is 5.75 Å². The number of carbonyl (C=O) groups excluding carboxylic acids is 1. The molecule has 3 heteroatoms. The number of aromatic hydroxyl groups is 1. The van der Waals surface area contributed by atoms with Crippen molar-refractivity contribution in [3.05, 3.63) is 34.3 Å². The number of carbonyl (C=O) groups is 1. The Morgan fingerprint density at radius 2 is 2.23 bits per heavy atom. The van der Waals surface area contributed by atoms with Gasteiger partial charge in [-0.3, -0.25) is 4.79 Å².